The van der Waals surface area contributed by atoms with Gasteiger partial charge in [0.15, 0.2) is 12.2 Å². The molecule has 1 aromatic carbocycles. The van der Waals surface area contributed by atoms with Crippen molar-refractivity contribution in [3.05, 3.63) is 90.3 Å². The average Bonchev–Trinajstić information content (AvgIpc) is 3.39. The fraction of sp³-hybridized carbons (Fsp3) is 0.523. The molecular formula is C44H55NO14. The van der Waals surface area contributed by atoms with Gasteiger partial charge in [-0.15, -0.1) is 0 Å². The number of carbonyl (C=O) groups is 6. The molecule has 0 amide bonds. The van der Waals surface area contributed by atoms with Crippen LogP contribution in [0, 0.1) is 23.2 Å². The Morgan fingerprint density at radius 1 is 0.814 bits per heavy atom. The van der Waals surface area contributed by atoms with Crippen LogP contribution >= 0.6 is 0 Å². The minimum atomic E-state index is -2.39. The smallest absolute Gasteiger partial charge is 0.340 e. The first-order valence-corrected chi connectivity index (χ1v) is 19.5. The zero-order valence-electron chi connectivity index (χ0n) is 34.9. The monoisotopic (exact) mass is 821 g/mol. The van der Waals surface area contributed by atoms with E-state index < -0.39 is 113 Å². The molecular weight excluding hydrogens is 766 g/mol. The van der Waals surface area contributed by atoms with E-state index in [1.807, 2.05) is 0 Å². The Morgan fingerprint density at radius 3 is 1.97 bits per heavy atom. The number of rotatable bonds is 10. The summed E-state index contributed by atoms with van der Waals surface area (Å²) in [5.74, 6) is -8.57. The van der Waals surface area contributed by atoms with Gasteiger partial charge < -0.3 is 38.6 Å². The van der Waals surface area contributed by atoms with Gasteiger partial charge in [-0.1, -0.05) is 71.5 Å². The summed E-state index contributed by atoms with van der Waals surface area (Å²) in [5.41, 5.74) is -5.83. The minimum Gasteiger partial charge on any atom is -0.459 e. The number of nitrogens with zero attached hydrogens (tertiary/aromatic N) is 1. The van der Waals surface area contributed by atoms with Crippen molar-refractivity contribution in [2.75, 3.05) is 0 Å². The minimum absolute atomic E-state index is 0.0440. The summed E-state index contributed by atoms with van der Waals surface area (Å²) >= 11 is 0. The molecule has 15 nitrogen and oxygen atoms in total. The molecule has 2 aliphatic rings. The molecule has 0 spiro atoms. The number of hydrogen-bond acceptors (Lipinski definition) is 15. The van der Waals surface area contributed by atoms with E-state index in [4.69, 9.17) is 28.4 Å². The summed E-state index contributed by atoms with van der Waals surface area (Å²) < 4.78 is 36.0. The van der Waals surface area contributed by atoms with Gasteiger partial charge in [-0.2, -0.15) is 0 Å². The predicted octanol–water partition coefficient (Wildman–Crippen LogP) is 4.88. The number of fused-ring (bicyclic) bond motifs is 1. The molecule has 0 bridgehead atoms. The number of aromatic nitrogens is 1. The number of aliphatic hydroxyl groups is 2. The Hall–Kier alpha value is -5.41. The Labute approximate surface area is 344 Å². The van der Waals surface area contributed by atoms with Crippen LogP contribution < -0.4 is 0 Å². The van der Waals surface area contributed by atoms with Crippen molar-refractivity contribution in [3.8, 4) is 0 Å². The molecule has 0 radical (unpaired) electrons. The van der Waals surface area contributed by atoms with Gasteiger partial charge in [0.25, 0.3) is 0 Å². The molecule has 0 saturated heterocycles. The van der Waals surface area contributed by atoms with E-state index >= 15 is 0 Å². The Morgan fingerprint density at radius 2 is 1.41 bits per heavy atom. The Kier molecular flexibility index (Phi) is 14.6. The van der Waals surface area contributed by atoms with E-state index in [-0.39, 0.29) is 16.7 Å². The predicted molar refractivity (Wildman–Crippen MR) is 210 cm³/mol. The van der Waals surface area contributed by atoms with E-state index in [1.165, 1.54) is 43.6 Å². The van der Waals surface area contributed by atoms with Crippen LogP contribution in [0.25, 0.3) is 0 Å². The van der Waals surface area contributed by atoms with E-state index in [0.717, 1.165) is 20.8 Å². The Balaban J connectivity index is 2.09. The molecule has 2 aliphatic carbocycles. The molecule has 2 aromatic rings. The number of hydrogen-bond donors (Lipinski definition) is 2. The van der Waals surface area contributed by atoms with Gasteiger partial charge in [0.1, 0.15) is 35.6 Å². The van der Waals surface area contributed by atoms with Crippen LogP contribution in [0.2, 0.25) is 0 Å². The highest BCUT2D eigenvalue weighted by molar-refractivity contribution is 5.90. The molecule has 1 fully saturated rings. The Bertz CT molecular complexity index is 1910. The zero-order chi connectivity index (χ0) is 44.0. The van der Waals surface area contributed by atoms with E-state index in [9.17, 15) is 39.0 Å². The normalized spacial score (nSPS) is 30.9. The summed E-state index contributed by atoms with van der Waals surface area (Å²) in [4.78, 5) is 84.2. The van der Waals surface area contributed by atoms with Crippen molar-refractivity contribution in [2.24, 2.45) is 23.2 Å². The molecule has 2 N–H and O–H groups in total. The zero-order valence-corrected chi connectivity index (χ0v) is 34.9. The second kappa shape index (κ2) is 18.7. The number of aliphatic hydroxyl groups excluding tert-OH is 1. The fourth-order valence-corrected chi connectivity index (χ4v) is 7.93. The summed E-state index contributed by atoms with van der Waals surface area (Å²) in [6.07, 6.45) is -4.74. The van der Waals surface area contributed by atoms with Crippen LogP contribution in [-0.2, 0) is 47.6 Å². The maximum atomic E-state index is 13.9. The number of pyridine rings is 1. The van der Waals surface area contributed by atoms with Gasteiger partial charge in [-0.05, 0) is 37.6 Å². The topological polar surface area (TPSA) is 211 Å². The quantitative estimate of drug-likeness (QED) is 0.186. The lowest BCUT2D eigenvalue weighted by atomic mass is 9.71. The number of esters is 6. The SMILES string of the molecule is C=C1C(OC(=O)C(C)CC)C(O)C(OC(=O)c2cccnc2)C(C)(C)C=CC(C)C(OC(C)=O)C2(O)CC(C)(OC(C)=O)C(OC(=O)c3ccccc3)C2C1OC(C)=O. The van der Waals surface area contributed by atoms with Gasteiger partial charge in [0.05, 0.1) is 23.0 Å². The molecule has 11 atom stereocenters. The van der Waals surface area contributed by atoms with Crippen LogP contribution in [-0.4, -0.2) is 98.8 Å². The average molecular weight is 822 g/mol. The molecule has 1 saturated carbocycles. The van der Waals surface area contributed by atoms with Crippen LogP contribution in [0.1, 0.15) is 95.9 Å². The third-order valence-corrected chi connectivity index (χ3v) is 10.9. The second-order valence-corrected chi connectivity index (χ2v) is 16.2. The third-order valence-electron chi connectivity index (χ3n) is 10.9. The lowest BCUT2D eigenvalue weighted by Crippen LogP contribution is -2.59. The highest BCUT2D eigenvalue weighted by Gasteiger charge is 2.70. The first-order valence-electron chi connectivity index (χ1n) is 19.5. The molecule has 11 unspecified atom stereocenters. The van der Waals surface area contributed by atoms with Gasteiger partial charge in [0.2, 0.25) is 0 Å². The molecule has 4 rings (SSSR count). The van der Waals surface area contributed by atoms with Gasteiger partial charge in [0, 0.05) is 56.5 Å². The van der Waals surface area contributed by atoms with Crippen molar-refractivity contribution < 1.29 is 67.4 Å². The van der Waals surface area contributed by atoms with E-state index in [2.05, 4.69) is 11.6 Å². The van der Waals surface area contributed by atoms with Crippen molar-refractivity contribution in [3.63, 3.8) is 0 Å². The maximum Gasteiger partial charge on any atom is 0.340 e. The first kappa shape index (κ1) is 46.3. The fourth-order valence-electron chi connectivity index (χ4n) is 7.93. The molecule has 15 heteroatoms. The summed E-state index contributed by atoms with van der Waals surface area (Å²) in [7, 11) is 0. The first-order chi connectivity index (χ1) is 27.6. The van der Waals surface area contributed by atoms with E-state index in [0.29, 0.717) is 6.42 Å². The number of benzene rings is 1. The number of carbonyl (C=O) groups excluding carboxylic acids is 6. The molecule has 320 valence electrons. The molecule has 59 heavy (non-hydrogen) atoms. The lowest BCUT2D eigenvalue weighted by molar-refractivity contribution is -0.193. The van der Waals surface area contributed by atoms with Crippen LogP contribution in [0.5, 0.6) is 0 Å². The second-order valence-electron chi connectivity index (χ2n) is 16.2. The molecule has 1 aromatic heterocycles. The van der Waals surface area contributed by atoms with E-state index in [1.54, 1.807) is 65.0 Å². The highest BCUT2D eigenvalue weighted by Crippen LogP contribution is 2.54. The van der Waals surface area contributed by atoms with Gasteiger partial charge in [-0.3, -0.25) is 24.2 Å². The third kappa shape index (κ3) is 10.4. The van der Waals surface area contributed by atoms with Crippen molar-refractivity contribution in [1.29, 1.82) is 0 Å². The van der Waals surface area contributed by atoms with Crippen molar-refractivity contribution in [2.45, 2.75) is 123 Å². The summed E-state index contributed by atoms with van der Waals surface area (Å²) in [5, 5.41) is 25.8. The van der Waals surface area contributed by atoms with Crippen LogP contribution in [0.4, 0.5) is 0 Å². The largest absolute Gasteiger partial charge is 0.459 e. The van der Waals surface area contributed by atoms with Crippen molar-refractivity contribution >= 4 is 35.8 Å². The summed E-state index contributed by atoms with van der Waals surface area (Å²) in [6, 6.07) is 10.8. The van der Waals surface area contributed by atoms with Gasteiger partial charge >= 0.3 is 35.8 Å². The molecule has 0 aliphatic heterocycles. The number of ether oxygens (including phenoxy) is 6. The van der Waals surface area contributed by atoms with Crippen molar-refractivity contribution in [1.82, 2.24) is 4.98 Å². The van der Waals surface area contributed by atoms with Crippen LogP contribution in [0.15, 0.2) is 79.2 Å². The molecule has 1 heterocycles. The lowest BCUT2D eigenvalue weighted by Gasteiger charge is -2.45. The highest BCUT2D eigenvalue weighted by atomic mass is 16.6. The van der Waals surface area contributed by atoms with Crippen LogP contribution in [0.3, 0.4) is 0 Å². The standard InChI is InChI=1S/C44H55NO14/c1-11-24(2)39(50)56-35-26(4)34(54-27(5)46)32-37(57-40(51)30-16-13-12-14-17-30)43(10,59-29(7)48)23-44(32,53)36(55-28(6)47)25(3)19-20-42(8,9)38(33(35)49)58-41(52)31-18-15-21-45-22-31/h12-22,24-25,32-38,49,53H,4,11,23H2,1-3,5-10H3. The summed E-state index contributed by atoms with van der Waals surface area (Å²) in [6.45, 7) is 17.1. The van der Waals surface area contributed by atoms with Gasteiger partial charge in [-0.25, -0.2) is 9.59 Å². The maximum absolute atomic E-state index is 13.9.